The summed E-state index contributed by atoms with van der Waals surface area (Å²) in [7, 11) is 0. The first kappa shape index (κ1) is 12.7. The molecule has 0 unspecified atom stereocenters. The molecule has 0 aliphatic rings. The van der Waals surface area contributed by atoms with Gasteiger partial charge in [-0.2, -0.15) is 0 Å². The maximum atomic E-state index is 4.31. The van der Waals surface area contributed by atoms with Gasteiger partial charge in [0.1, 0.15) is 0 Å². The normalized spacial score (nSPS) is 11.7. The fraction of sp³-hybridized carbons (Fsp3) is 0.615. The zero-order valence-electron chi connectivity index (χ0n) is 10.00. The van der Waals surface area contributed by atoms with Gasteiger partial charge in [0.25, 0.3) is 0 Å². The van der Waals surface area contributed by atoms with Crippen LogP contribution in [0.5, 0.6) is 0 Å². The lowest BCUT2D eigenvalue weighted by Crippen LogP contribution is -2.13. The van der Waals surface area contributed by atoms with E-state index in [9.17, 15) is 0 Å². The van der Waals surface area contributed by atoms with Crippen LogP contribution in [0.15, 0.2) is 18.5 Å². The van der Waals surface area contributed by atoms with Crippen LogP contribution >= 0.6 is 15.9 Å². The summed E-state index contributed by atoms with van der Waals surface area (Å²) in [5.74, 6) is 1.94. The molecule has 0 radical (unpaired) electrons. The average molecular weight is 270 g/mol. The van der Waals surface area contributed by atoms with E-state index in [1.807, 2.05) is 12.4 Å². The van der Waals surface area contributed by atoms with Gasteiger partial charge >= 0.3 is 0 Å². The maximum absolute atomic E-state index is 4.31. The quantitative estimate of drug-likeness (QED) is 0.740. The van der Waals surface area contributed by atoms with Crippen molar-refractivity contribution >= 4 is 15.9 Å². The van der Waals surface area contributed by atoms with E-state index in [4.69, 9.17) is 0 Å². The summed E-state index contributed by atoms with van der Waals surface area (Å²) >= 11 is 3.47. The van der Waals surface area contributed by atoms with Gasteiger partial charge in [0.05, 0.1) is 0 Å². The Labute approximate surface area is 101 Å². The summed E-state index contributed by atoms with van der Waals surface area (Å²) in [5.41, 5.74) is 2.63. The van der Waals surface area contributed by atoms with Crippen LogP contribution in [0.2, 0.25) is 0 Å². The van der Waals surface area contributed by atoms with E-state index in [-0.39, 0.29) is 0 Å². The van der Waals surface area contributed by atoms with Crippen LogP contribution in [0.25, 0.3) is 0 Å². The third-order valence-corrected chi connectivity index (χ3v) is 3.44. The monoisotopic (exact) mass is 269 g/mol. The highest BCUT2D eigenvalue weighted by molar-refractivity contribution is 9.08. The Bertz CT molecular complexity index is 299. The molecular formula is C13H20BrN. The summed E-state index contributed by atoms with van der Waals surface area (Å²) < 4.78 is 0. The van der Waals surface area contributed by atoms with Crippen molar-refractivity contribution < 1.29 is 0 Å². The van der Waals surface area contributed by atoms with E-state index >= 15 is 0 Å². The molecule has 1 nitrogen and oxygen atoms in total. The van der Waals surface area contributed by atoms with E-state index in [2.05, 4.69) is 54.7 Å². The molecule has 15 heavy (non-hydrogen) atoms. The van der Waals surface area contributed by atoms with Crippen molar-refractivity contribution in [2.24, 2.45) is 11.8 Å². The molecule has 1 rings (SSSR count). The highest BCUT2D eigenvalue weighted by atomic mass is 79.9. The highest BCUT2D eigenvalue weighted by Gasteiger charge is 2.19. The minimum absolute atomic E-state index is 0.608. The maximum Gasteiger partial charge on any atom is 0.0308 e. The Hall–Kier alpha value is -0.370. The smallest absolute Gasteiger partial charge is 0.0308 e. The van der Waals surface area contributed by atoms with Gasteiger partial charge in [0.15, 0.2) is 0 Å². The lowest BCUT2D eigenvalue weighted by molar-refractivity contribution is 0.387. The van der Waals surface area contributed by atoms with E-state index in [1.165, 1.54) is 11.1 Å². The fourth-order valence-corrected chi connectivity index (χ4v) is 2.61. The summed E-state index contributed by atoms with van der Waals surface area (Å²) in [4.78, 5) is 4.31. The molecule has 0 saturated carbocycles. The van der Waals surface area contributed by atoms with Gasteiger partial charge in [-0.05, 0) is 28.9 Å². The standard InChI is InChI=1S/C13H20BrN/c1-9(2)13(10(3)4)12-5-11(6-14)7-15-8-12/h5,7-10,13H,6H2,1-4H3. The molecule has 0 fully saturated rings. The van der Waals surface area contributed by atoms with Crippen LogP contribution in [-0.4, -0.2) is 4.98 Å². The Morgan fingerprint density at radius 1 is 1.13 bits per heavy atom. The topological polar surface area (TPSA) is 12.9 Å². The first-order valence-corrected chi connectivity index (χ1v) is 6.68. The van der Waals surface area contributed by atoms with Gasteiger partial charge in [0, 0.05) is 17.7 Å². The highest BCUT2D eigenvalue weighted by Crippen LogP contribution is 2.31. The molecule has 0 bridgehead atoms. The van der Waals surface area contributed by atoms with Crippen molar-refractivity contribution in [3.63, 3.8) is 0 Å². The van der Waals surface area contributed by atoms with Crippen LogP contribution < -0.4 is 0 Å². The zero-order valence-corrected chi connectivity index (χ0v) is 11.6. The second kappa shape index (κ2) is 5.64. The molecule has 0 saturated heterocycles. The van der Waals surface area contributed by atoms with Crippen LogP contribution in [0.4, 0.5) is 0 Å². The zero-order chi connectivity index (χ0) is 11.4. The minimum Gasteiger partial charge on any atom is -0.264 e. The molecule has 0 atom stereocenters. The van der Waals surface area contributed by atoms with E-state index < -0.39 is 0 Å². The number of hydrogen-bond donors (Lipinski definition) is 0. The third-order valence-electron chi connectivity index (χ3n) is 2.79. The Kier molecular flexibility index (Phi) is 4.78. The minimum atomic E-state index is 0.608. The molecule has 0 spiro atoms. The Morgan fingerprint density at radius 3 is 2.20 bits per heavy atom. The van der Waals surface area contributed by atoms with Crippen molar-refractivity contribution in [1.29, 1.82) is 0 Å². The molecular weight excluding hydrogens is 250 g/mol. The number of pyridine rings is 1. The van der Waals surface area contributed by atoms with E-state index in [0.29, 0.717) is 17.8 Å². The van der Waals surface area contributed by atoms with Crippen LogP contribution in [0, 0.1) is 11.8 Å². The Morgan fingerprint density at radius 2 is 1.73 bits per heavy atom. The van der Waals surface area contributed by atoms with Crippen molar-refractivity contribution in [2.45, 2.75) is 38.9 Å². The predicted molar refractivity (Wildman–Crippen MR) is 69.3 cm³/mol. The SMILES string of the molecule is CC(C)C(c1cncc(CBr)c1)C(C)C. The van der Waals surface area contributed by atoms with Crippen molar-refractivity contribution in [1.82, 2.24) is 4.98 Å². The number of alkyl halides is 1. The van der Waals surface area contributed by atoms with E-state index in [0.717, 1.165) is 5.33 Å². The van der Waals surface area contributed by atoms with Gasteiger partial charge in [-0.25, -0.2) is 0 Å². The second-order valence-corrected chi connectivity index (χ2v) is 5.33. The van der Waals surface area contributed by atoms with Gasteiger partial charge in [-0.3, -0.25) is 4.98 Å². The van der Waals surface area contributed by atoms with Crippen molar-refractivity contribution in [2.75, 3.05) is 0 Å². The number of rotatable bonds is 4. The average Bonchev–Trinajstić information content (AvgIpc) is 2.17. The summed E-state index contributed by atoms with van der Waals surface area (Å²) in [6.07, 6.45) is 3.94. The first-order valence-electron chi connectivity index (χ1n) is 5.56. The third kappa shape index (κ3) is 3.30. The largest absolute Gasteiger partial charge is 0.264 e. The van der Waals surface area contributed by atoms with Crippen molar-refractivity contribution in [3.8, 4) is 0 Å². The molecule has 2 heteroatoms. The lowest BCUT2D eigenvalue weighted by atomic mass is 9.80. The van der Waals surface area contributed by atoms with Crippen LogP contribution in [0.3, 0.4) is 0 Å². The summed E-state index contributed by atoms with van der Waals surface area (Å²) in [5, 5.41) is 0.886. The molecule has 0 aliphatic heterocycles. The van der Waals surface area contributed by atoms with Gasteiger partial charge in [-0.1, -0.05) is 49.7 Å². The summed E-state index contributed by atoms with van der Waals surface area (Å²) in [6, 6.07) is 2.27. The number of aromatic nitrogens is 1. The Balaban J connectivity index is 3.00. The molecule has 84 valence electrons. The van der Waals surface area contributed by atoms with Gasteiger partial charge in [0.2, 0.25) is 0 Å². The first-order chi connectivity index (χ1) is 7.06. The van der Waals surface area contributed by atoms with Gasteiger partial charge < -0.3 is 0 Å². The van der Waals surface area contributed by atoms with Crippen LogP contribution in [0.1, 0.15) is 44.7 Å². The van der Waals surface area contributed by atoms with Gasteiger partial charge in [-0.15, -0.1) is 0 Å². The van der Waals surface area contributed by atoms with Crippen LogP contribution in [-0.2, 0) is 5.33 Å². The van der Waals surface area contributed by atoms with Crippen molar-refractivity contribution in [3.05, 3.63) is 29.6 Å². The second-order valence-electron chi connectivity index (χ2n) is 4.77. The molecule has 0 N–H and O–H groups in total. The molecule has 0 amide bonds. The summed E-state index contributed by atoms with van der Waals surface area (Å²) in [6.45, 7) is 9.13. The molecule has 0 aliphatic carbocycles. The molecule has 0 aromatic carbocycles. The van der Waals surface area contributed by atoms with E-state index in [1.54, 1.807) is 0 Å². The number of hydrogen-bond acceptors (Lipinski definition) is 1. The predicted octanol–water partition coefficient (Wildman–Crippen LogP) is 4.37. The molecule has 1 heterocycles. The molecule has 1 aromatic heterocycles. The number of nitrogens with zero attached hydrogens (tertiary/aromatic N) is 1. The fourth-order valence-electron chi connectivity index (χ4n) is 2.30. The number of halogens is 1. The molecule has 1 aromatic rings. The lowest BCUT2D eigenvalue weighted by Gasteiger charge is -2.25.